The quantitative estimate of drug-likeness (QED) is 0.622. The van der Waals surface area contributed by atoms with Crippen molar-refractivity contribution in [3.05, 3.63) is 64.9 Å². The van der Waals surface area contributed by atoms with E-state index in [9.17, 15) is 13.2 Å². The molecule has 27 heavy (non-hydrogen) atoms. The Morgan fingerprint density at radius 3 is 2.59 bits per heavy atom. The second-order valence-electron chi connectivity index (χ2n) is 6.28. The lowest BCUT2D eigenvalue weighted by atomic mass is 10.0. The molecule has 8 heteroatoms. The molecule has 3 aromatic rings. The summed E-state index contributed by atoms with van der Waals surface area (Å²) in [6.45, 7) is 1.57. The number of ether oxygens (including phenoxy) is 1. The van der Waals surface area contributed by atoms with Gasteiger partial charge in [0.25, 0.3) is 0 Å². The first kappa shape index (κ1) is 18.0. The number of halogens is 4. The maximum Gasteiger partial charge on any atom is 0.416 e. The number of benzene rings is 2. The molecule has 0 bridgehead atoms. The number of nitrogens with zero attached hydrogens (tertiary/aromatic N) is 3. The molecule has 1 aliphatic rings. The van der Waals surface area contributed by atoms with Crippen LogP contribution in [0.5, 0.6) is 0 Å². The molecule has 4 nitrogen and oxygen atoms in total. The fraction of sp³-hybridized carbons (Fsp3) is 0.263. The third-order valence-corrected chi connectivity index (χ3v) is 4.79. The number of rotatable bonds is 2. The van der Waals surface area contributed by atoms with Gasteiger partial charge >= 0.3 is 6.18 Å². The van der Waals surface area contributed by atoms with Gasteiger partial charge in [-0.25, -0.2) is 9.97 Å². The van der Waals surface area contributed by atoms with E-state index in [0.29, 0.717) is 30.3 Å². The number of aromatic nitrogens is 2. The molecule has 1 atom stereocenters. The van der Waals surface area contributed by atoms with Crippen molar-refractivity contribution in [3.8, 4) is 0 Å². The molecule has 4 rings (SSSR count). The molecule has 1 unspecified atom stereocenters. The maximum atomic E-state index is 12.8. The van der Waals surface area contributed by atoms with Gasteiger partial charge in [-0.05, 0) is 35.9 Å². The number of alkyl halides is 3. The normalized spacial score (nSPS) is 18.1. The van der Waals surface area contributed by atoms with Crippen molar-refractivity contribution in [1.82, 2.24) is 9.97 Å². The average Bonchev–Trinajstić information content (AvgIpc) is 2.67. The number of fused-ring (bicyclic) bond motifs is 1. The number of hydrogen-bond donors (Lipinski definition) is 0. The van der Waals surface area contributed by atoms with Crippen LogP contribution in [0, 0.1) is 0 Å². The van der Waals surface area contributed by atoms with Crippen molar-refractivity contribution in [2.45, 2.75) is 12.3 Å². The summed E-state index contributed by atoms with van der Waals surface area (Å²) in [5.41, 5.74) is 0.775. The highest BCUT2D eigenvalue weighted by molar-refractivity contribution is 6.31. The maximum absolute atomic E-state index is 12.8. The minimum Gasteiger partial charge on any atom is -0.370 e. The fourth-order valence-corrected chi connectivity index (χ4v) is 3.36. The monoisotopic (exact) mass is 393 g/mol. The zero-order chi connectivity index (χ0) is 19.0. The third kappa shape index (κ3) is 3.70. The summed E-state index contributed by atoms with van der Waals surface area (Å²) in [5, 5.41) is 1.46. The molecule has 0 spiro atoms. The lowest BCUT2D eigenvalue weighted by Crippen LogP contribution is -2.39. The summed E-state index contributed by atoms with van der Waals surface area (Å²) in [7, 11) is 0. The molecule has 0 N–H and O–H groups in total. The number of anilines is 1. The first-order valence-corrected chi connectivity index (χ1v) is 8.73. The van der Waals surface area contributed by atoms with Crippen LogP contribution in [-0.2, 0) is 10.9 Å². The molecule has 1 saturated heterocycles. The summed E-state index contributed by atoms with van der Waals surface area (Å²) in [4.78, 5) is 10.7. The van der Waals surface area contributed by atoms with E-state index in [1.165, 1.54) is 18.5 Å². The second kappa shape index (κ2) is 6.98. The van der Waals surface area contributed by atoms with E-state index in [2.05, 4.69) is 14.9 Å². The minimum atomic E-state index is -4.35. The van der Waals surface area contributed by atoms with Gasteiger partial charge in [-0.15, -0.1) is 0 Å². The number of morpholine rings is 1. The van der Waals surface area contributed by atoms with Crippen molar-refractivity contribution >= 4 is 28.3 Å². The van der Waals surface area contributed by atoms with Crippen molar-refractivity contribution < 1.29 is 17.9 Å². The smallest absolute Gasteiger partial charge is 0.370 e. The van der Waals surface area contributed by atoms with Gasteiger partial charge in [0.2, 0.25) is 0 Å². The fourth-order valence-electron chi connectivity index (χ4n) is 3.20. The largest absolute Gasteiger partial charge is 0.416 e. The SMILES string of the molecule is FC(F)(F)c1ccc(C2CN(c3ncnc4cc(Cl)ccc34)CCO2)cc1. The summed E-state index contributed by atoms with van der Waals surface area (Å²) in [5.74, 6) is 0.761. The zero-order valence-electron chi connectivity index (χ0n) is 14.1. The standard InChI is InChI=1S/C19H15ClF3N3O/c20-14-5-6-15-16(9-14)24-11-25-18(15)26-7-8-27-17(10-26)12-1-3-13(4-2-12)19(21,22)23/h1-6,9,11,17H,7-8,10H2. The summed E-state index contributed by atoms with van der Waals surface area (Å²) >= 11 is 6.03. The van der Waals surface area contributed by atoms with E-state index in [1.807, 2.05) is 6.07 Å². The van der Waals surface area contributed by atoms with Crippen LogP contribution in [0.3, 0.4) is 0 Å². The highest BCUT2D eigenvalue weighted by Gasteiger charge is 2.31. The van der Waals surface area contributed by atoms with E-state index in [4.69, 9.17) is 16.3 Å². The Morgan fingerprint density at radius 2 is 1.85 bits per heavy atom. The Labute approximate surface area is 158 Å². The van der Waals surface area contributed by atoms with Gasteiger partial charge in [-0.1, -0.05) is 23.7 Å². The molecule has 2 heterocycles. The van der Waals surface area contributed by atoms with Crippen LogP contribution in [0.15, 0.2) is 48.8 Å². The lowest BCUT2D eigenvalue weighted by molar-refractivity contribution is -0.137. The Balaban J connectivity index is 1.60. The van der Waals surface area contributed by atoms with Gasteiger partial charge in [-0.2, -0.15) is 13.2 Å². The molecule has 0 aliphatic carbocycles. The second-order valence-corrected chi connectivity index (χ2v) is 6.72. The first-order chi connectivity index (χ1) is 12.9. The van der Waals surface area contributed by atoms with Crippen LogP contribution in [0.2, 0.25) is 5.02 Å². The Bertz CT molecular complexity index is 963. The predicted molar refractivity (Wildman–Crippen MR) is 96.9 cm³/mol. The van der Waals surface area contributed by atoms with Crippen molar-refractivity contribution in [3.63, 3.8) is 0 Å². The van der Waals surface area contributed by atoms with Crippen LogP contribution in [0.1, 0.15) is 17.2 Å². The summed E-state index contributed by atoms with van der Waals surface area (Å²) < 4.78 is 44.1. The molecule has 0 radical (unpaired) electrons. The van der Waals surface area contributed by atoms with Crippen LogP contribution in [0.25, 0.3) is 10.9 Å². The van der Waals surface area contributed by atoms with Crippen molar-refractivity contribution in [2.24, 2.45) is 0 Å². The molecule has 2 aromatic carbocycles. The van der Waals surface area contributed by atoms with Crippen LogP contribution >= 0.6 is 11.6 Å². The van der Waals surface area contributed by atoms with Gasteiger partial charge in [0.05, 0.1) is 17.7 Å². The van der Waals surface area contributed by atoms with E-state index >= 15 is 0 Å². The molecule has 1 aliphatic heterocycles. The third-order valence-electron chi connectivity index (χ3n) is 4.55. The topological polar surface area (TPSA) is 38.2 Å². The van der Waals surface area contributed by atoms with Gasteiger partial charge in [0.15, 0.2) is 0 Å². The molecular formula is C19H15ClF3N3O. The predicted octanol–water partition coefficient (Wildman–Crippen LogP) is 4.88. The highest BCUT2D eigenvalue weighted by Crippen LogP contribution is 2.33. The molecular weight excluding hydrogens is 379 g/mol. The van der Waals surface area contributed by atoms with E-state index in [1.54, 1.807) is 12.1 Å². The molecule has 140 valence electrons. The molecule has 0 amide bonds. The summed E-state index contributed by atoms with van der Waals surface area (Å²) in [6.07, 6.45) is -3.20. The summed E-state index contributed by atoms with van der Waals surface area (Å²) in [6, 6.07) is 10.5. The van der Waals surface area contributed by atoms with Crippen molar-refractivity contribution in [1.29, 1.82) is 0 Å². The average molecular weight is 394 g/mol. The molecule has 1 fully saturated rings. The van der Waals surface area contributed by atoms with E-state index in [0.717, 1.165) is 28.9 Å². The lowest BCUT2D eigenvalue weighted by Gasteiger charge is -2.34. The van der Waals surface area contributed by atoms with E-state index < -0.39 is 11.7 Å². The number of hydrogen-bond acceptors (Lipinski definition) is 4. The van der Waals surface area contributed by atoms with Crippen LogP contribution in [0.4, 0.5) is 19.0 Å². The van der Waals surface area contributed by atoms with Crippen LogP contribution < -0.4 is 4.90 Å². The van der Waals surface area contributed by atoms with E-state index in [-0.39, 0.29) is 6.10 Å². The van der Waals surface area contributed by atoms with Gasteiger partial charge in [-0.3, -0.25) is 0 Å². The van der Waals surface area contributed by atoms with Crippen LogP contribution in [-0.4, -0.2) is 29.7 Å². The molecule has 1 aromatic heterocycles. The Morgan fingerprint density at radius 1 is 1.07 bits per heavy atom. The molecule has 0 saturated carbocycles. The Hall–Kier alpha value is -2.38. The Kier molecular flexibility index (Phi) is 4.65. The zero-order valence-corrected chi connectivity index (χ0v) is 14.8. The van der Waals surface area contributed by atoms with Gasteiger partial charge in [0, 0.05) is 23.5 Å². The van der Waals surface area contributed by atoms with Gasteiger partial charge in [0.1, 0.15) is 18.2 Å². The minimum absolute atomic E-state index is 0.335. The van der Waals surface area contributed by atoms with Gasteiger partial charge < -0.3 is 9.64 Å². The van der Waals surface area contributed by atoms with Crippen molar-refractivity contribution in [2.75, 3.05) is 24.6 Å². The first-order valence-electron chi connectivity index (χ1n) is 8.36. The highest BCUT2D eigenvalue weighted by atomic mass is 35.5.